The predicted molar refractivity (Wildman–Crippen MR) is 98.2 cm³/mol. The lowest BCUT2D eigenvalue weighted by Gasteiger charge is -1.89. The van der Waals surface area contributed by atoms with Crippen molar-refractivity contribution in [2.45, 2.75) is 68.7 Å². The Morgan fingerprint density at radius 2 is 1.40 bits per heavy atom. The molecule has 0 aromatic rings. The van der Waals surface area contributed by atoms with E-state index in [-0.39, 0.29) is 0 Å². The first-order valence-electron chi connectivity index (χ1n) is 7.60. The topological polar surface area (TPSA) is 0 Å². The highest BCUT2D eigenvalue weighted by atomic mass is 13.9. The summed E-state index contributed by atoms with van der Waals surface area (Å²) in [7, 11) is 0. The first-order valence-corrected chi connectivity index (χ1v) is 7.60. The lowest BCUT2D eigenvalue weighted by molar-refractivity contribution is 1.10. The van der Waals surface area contributed by atoms with Gasteiger partial charge in [0.1, 0.15) is 0 Å². The Kier molecular flexibility index (Phi) is 21.0. The molecule has 0 nitrogen and oxygen atoms in total. The monoisotopic (exact) mass is 276 g/mol. The molecule has 0 atom stereocenters. The summed E-state index contributed by atoms with van der Waals surface area (Å²) in [5.41, 5.74) is 5.17. The van der Waals surface area contributed by atoms with Crippen molar-refractivity contribution in [3.8, 4) is 0 Å². The number of rotatable bonds is 4. The van der Waals surface area contributed by atoms with E-state index in [0.717, 1.165) is 12.0 Å². The zero-order valence-electron chi connectivity index (χ0n) is 15.3. The second-order valence-corrected chi connectivity index (χ2v) is 4.82. The van der Waals surface area contributed by atoms with E-state index in [1.54, 1.807) is 0 Å². The first kappa shape index (κ1) is 23.8. The Bertz CT molecular complexity index is 342. The molecule has 0 saturated carbocycles. The van der Waals surface area contributed by atoms with Crippen LogP contribution in [0, 0.1) is 0 Å². The third kappa shape index (κ3) is 25.5. The van der Waals surface area contributed by atoms with Gasteiger partial charge in [-0.2, -0.15) is 0 Å². The van der Waals surface area contributed by atoms with Crippen molar-refractivity contribution in [3.63, 3.8) is 0 Å². The molecule has 0 amide bonds. The van der Waals surface area contributed by atoms with Crippen LogP contribution in [0.1, 0.15) is 68.7 Å². The fourth-order valence-corrected chi connectivity index (χ4v) is 0.797. The van der Waals surface area contributed by atoms with Crippen molar-refractivity contribution < 1.29 is 0 Å². The van der Waals surface area contributed by atoms with Crippen LogP contribution in [0.3, 0.4) is 0 Å². The van der Waals surface area contributed by atoms with Gasteiger partial charge in [-0.1, -0.05) is 80.0 Å². The van der Waals surface area contributed by atoms with Crippen LogP contribution in [0.2, 0.25) is 0 Å². The maximum Gasteiger partial charge on any atom is -0.0349 e. The molecule has 0 radical (unpaired) electrons. The predicted octanol–water partition coefficient (Wildman–Crippen LogP) is 7.42. The highest BCUT2D eigenvalue weighted by molar-refractivity contribution is 5.22. The third-order valence-electron chi connectivity index (χ3n) is 2.34. The molecule has 0 aliphatic heterocycles. The van der Waals surface area contributed by atoms with Gasteiger partial charge in [0.2, 0.25) is 0 Å². The second-order valence-electron chi connectivity index (χ2n) is 4.82. The van der Waals surface area contributed by atoms with Gasteiger partial charge in [0.25, 0.3) is 0 Å². The molecule has 0 aromatic heterocycles. The van der Waals surface area contributed by atoms with Gasteiger partial charge in [-0.05, 0) is 48.0 Å². The Hall–Kier alpha value is -1.30. The van der Waals surface area contributed by atoms with Crippen molar-refractivity contribution in [3.05, 3.63) is 59.3 Å². The quantitative estimate of drug-likeness (QED) is 0.469. The van der Waals surface area contributed by atoms with Gasteiger partial charge in [-0.25, -0.2) is 0 Å². The summed E-state index contributed by atoms with van der Waals surface area (Å²) in [6.45, 7) is 22.4. The van der Waals surface area contributed by atoms with Crippen LogP contribution in [-0.2, 0) is 0 Å². The highest BCUT2D eigenvalue weighted by Crippen LogP contribution is 1.99. The maximum atomic E-state index is 3.75. The Balaban J connectivity index is -0.000000257. The molecular weight excluding hydrogens is 240 g/mol. The molecule has 0 heterocycles. The Morgan fingerprint density at radius 3 is 1.70 bits per heavy atom. The standard InChI is InChI=1S/C9H16.C9H14.C2H6/c2*1-5-9(4)7-6-8(2)3;1-2/h6-7H,5H2,1-4H3;5-7H,2H2,1,3-4H3;1-2H3/b9-7+;7-6-,9-5-;. The van der Waals surface area contributed by atoms with Crippen LogP contribution >= 0.6 is 0 Å². The van der Waals surface area contributed by atoms with Gasteiger partial charge in [0, 0.05) is 0 Å². The van der Waals surface area contributed by atoms with E-state index < -0.39 is 0 Å². The lowest BCUT2D eigenvalue weighted by atomic mass is 10.2. The maximum absolute atomic E-state index is 3.75. The highest BCUT2D eigenvalue weighted by Gasteiger charge is 1.78. The van der Waals surface area contributed by atoms with E-state index in [4.69, 9.17) is 0 Å². The molecule has 0 bridgehead atoms. The fourth-order valence-electron chi connectivity index (χ4n) is 0.797. The van der Waals surface area contributed by atoms with Crippen LogP contribution in [0.4, 0.5) is 0 Å². The van der Waals surface area contributed by atoms with Crippen LogP contribution in [0.15, 0.2) is 59.3 Å². The van der Waals surface area contributed by atoms with Crippen molar-refractivity contribution in [2.24, 2.45) is 0 Å². The SMILES string of the molecule is C=C(C)/C=C\C(C)=C/C.CC.CC/C(C)=C/C=C(C)C. The summed E-state index contributed by atoms with van der Waals surface area (Å²) < 4.78 is 0. The van der Waals surface area contributed by atoms with Crippen molar-refractivity contribution in [1.82, 2.24) is 0 Å². The average molecular weight is 277 g/mol. The molecule has 0 aliphatic carbocycles. The molecule has 0 spiro atoms. The first-order chi connectivity index (χ1) is 9.33. The third-order valence-corrected chi connectivity index (χ3v) is 2.34. The minimum Gasteiger partial charge on any atom is -0.0961 e. The van der Waals surface area contributed by atoms with Crippen LogP contribution in [-0.4, -0.2) is 0 Å². The van der Waals surface area contributed by atoms with Crippen LogP contribution in [0.5, 0.6) is 0 Å². The summed E-state index contributed by atoms with van der Waals surface area (Å²) in [6, 6.07) is 0. The zero-order valence-corrected chi connectivity index (χ0v) is 15.3. The molecule has 0 aliphatic rings. The number of hydrogen-bond donors (Lipinski definition) is 0. The zero-order chi connectivity index (χ0) is 16.6. The van der Waals surface area contributed by atoms with E-state index in [0.29, 0.717) is 0 Å². The van der Waals surface area contributed by atoms with E-state index in [1.807, 2.05) is 33.8 Å². The van der Waals surface area contributed by atoms with Gasteiger partial charge >= 0.3 is 0 Å². The minimum absolute atomic E-state index is 1.09. The van der Waals surface area contributed by atoms with Crippen molar-refractivity contribution in [1.29, 1.82) is 0 Å². The second kappa shape index (κ2) is 17.7. The van der Waals surface area contributed by atoms with Crippen LogP contribution in [0.25, 0.3) is 0 Å². The van der Waals surface area contributed by atoms with Crippen LogP contribution < -0.4 is 0 Å². The van der Waals surface area contributed by atoms with Gasteiger partial charge in [-0.3, -0.25) is 0 Å². The molecule has 0 fully saturated rings. The smallest absolute Gasteiger partial charge is 0.0349 e. The average Bonchev–Trinajstić information content (AvgIpc) is 2.44. The van der Waals surface area contributed by atoms with E-state index in [1.165, 1.54) is 16.7 Å². The number of hydrogen-bond acceptors (Lipinski definition) is 0. The molecule has 0 N–H and O–H groups in total. The molecular formula is C20H36. The Morgan fingerprint density at radius 1 is 0.900 bits per heavy atom. The minimum atomic E-state index is 1.09. The van der Waals surface area contributed by atoms with Gasteiger partial charge in [0.05, 0.1) is 0 Å². The fraction of sp³-hybridized carbons (Fsp3) is 0.500. The summed E-state index contributed by atoms with van der Waals surface area (Å²) in [5, 5.41) is 0. The van der Waals surface area contributed by atoms with Gasteiger partial charge in [-0.15, -0.1) is 0 Å². The summed E-state index contributed by atoms with van der Waals surface area (Å²) in [4.78, 5) is 0. The normalized spacial score (nSPS) is 11.1. The molecule has 0 heteroatoms. The summed E-state index contributed by atoms with van der Waals surface area (Å²) in [5.74, 6) is 0. The molecule has 0 aromatic carbocycles. The molecule has 0 saturated heterocycles. The van der Waals surface area contributed by atoms with E-state index >= 15 is 0 Å². The largest absolute Gasteiger partial charge is 0.0961 e. The lowest BCUT2D eigenvalue weighted by Crippen LogP contribution is -1.68. The number of allylic oxidation sites excluding steroid dienone is 9. The van der Waals surface area contributed by atoms with Gasteiger partial charge < -0.3 is 0 Å². The van der Waals surface area contributed by atoms with Crippen molar-refractivity contribution in [2.75, 3.05) is 0 Å². The van der Waals surface area contributed by atoms with E-state index in [9.17, 15) is 0 Å². The molecule has 20 heavy (non-hydrogen) atoms. The molecule has 0 unspecified atom stereocenters. The van der Waals surface area contributed by atoms with E-state index in [2.05, 4.69) is 65.5 Å². The van der Waals surface area contributed by atoms with Gasteiger partial charge in [0.15, 0.2) is 0 Å². The summed E-state index contributed by atoms with van der Waals surface area (Å²) >= 11 is 0. The summed E-state index contributed by atoms with van der Waals surface area (Å²) in [6.07, 6.45) is 11.6. The molecule has 116 valence electrons. The van der Waals surface area contributed by atoms with Crippen molar-refractivity contribution >= 4 is 0 Å². The molecule has 0 rings (SSSR count). The Labute approximate surface area is 128 Å².